The van der Waals surface area contributed by atoms with E-state index in [0.29, 0.717) is 24.3 Å². The Kier molecular flexibility index (Phi) is 6.17. The molecule has 1 aromatic carbocycles. The number of carbonyl (C=O) groups excluding carboxylic acids is 3. The molecule has 1 aliphatic heterocycles. The van der Waals surface area contributed by atoms with E-state index in [4.69, 9.17) is 21.2 Å². The normalized spacial score (nSPS) is 15.5. The highest BCUT2D eigenvalue weighted by Gasteiger charge is 2.30. The molecule has 1 aliphatic rings. The van der Waals surface area contributed by atoms with Crippen LogP contribution in [0.2, 0.25) is 0 Å². The van der Waals surface area contributed by atoms with E-state index in [9.17, 15) is 14.4 Å². The van der Waals surface area contributed by atoms with E-state index in [1.165, 1.54) is 0 Å². The number of carbonyl (C=O) groups is 3. The monoisotopic (exact) mass is 365 g/mol. The zero-order valence-corrected chi connectivity index (χ0v) is 15.0. The lowest BCUT2D eigenvalue weighted by atomic mass is 9.91. The first kappa shape index (κ1) is 19.7. The first-order valence-electron chi connectivity index (χ1n) is 8.20. The van der Waals surface area contributed by atoms with Crippen molar-refractivity contribution in [3.8, 4) is 11.5 Å². The fraction of sp³-hybridized carbons (Fsp3) is 0.471. The van der Waals surface area contributed by atoms with Crippen molar-refractivity contribution in [1.82, 2.24) is 5.43 Å². The van der Waals surface area contributed by atoms with E-state index in [0.717, 1.165) is 22.3 Å². The number of hydrogen-bond acceptors (Lipinski definition) is 8. The standard InChI is InChI=1S/C17H23N3O6/c1-8-9(2)16-11(4-5-12(24-16)17(23)20-18)10(3)15(8)25-13(21)6-7-14(22)26-19/h12H,4-7,18-19H2,1-3H3,(H,20,23). The average molecular weight is 365 g/mol. The second-order valence-electron chi connectivity index (χ2n) is 6.13. The number of hydrogen-bond donors (Lipinski definition) is 3. The van der Waals surface area contributed by atoms with Gasteiger partial charge in [-0.1, -0.05) is 0 Å². The molecule has 2 rings (SSSR count). The van der Waals surface area contributed by atoms with E-state index < -0.39 is 18.0 Å². The molecule has 0 aromatic heterocycles. The van der Waals surface area contributed by atoms with Gasteiger partial charge >= 0.3 is 11.9 Å². The Morgan fingerprint density at radius 1 is 1.12 bits per heavy atom. The molecule has 1 aromatic rings. The minimum atomic E-state index is -0.686. The molecule has 1 heterocycles. The molecule has 9 heteroatoms. The number of nitrogens with one attached hydrogen (secondary N) is 1. The molecular weight excluding hydrogens is 342 g/mol. The van der Waals surface area contributed by atoms with Crippen LogP contribution in [0.3, 0.4) is 0 Å². The van der Waals surface area contributed by atoms with Crippen molar-refractivity contribution in [2.24, 2.45) is 11.7 Å². The first-order chi connectivity index (χ1) is 12.3. The summed E-state index contributed by atoms with van der Waals surface area (Å²) in [6.45, 7) is 5.46. The van der Waals surface area contributed by atoms with E-state index >= 15 is 0 Å². The van der Waals surface area contributed by atoms with Gasteiger partial charge in [0.05, 0.1) is 12.8 Å². The zero-order valence-electron chi connectivity index (χ0n) is 15.0. The molecule has 26 heavy (non-hydrogen) atoms. The Morgan fingerprint density at radius 2 is 1.77 bits per heavy atom. The van der Waals surface area contributed by atoms with Crippen LogP contribution in [0, 0.1) is 20.8 Å². The van der Waals surface area contributed by atoms with Crippen LogP contribution < -0.4 is 26.6 Å². The molecule has 1 atom stereocenters. The Labute approximate surface area is 150 Å². The van der Waals surface area contributed by atoms with Crippen LogP contribution in [-0.4, -0.2) is 23.9 Å². The minimum absolute atomic E-state index is 0.139. The lowest BCUT2D eigenvalue weighted by Crippen LogP contribution is -2.43. The van der Waals surface area contributed by atoms with Crippen LogP contribution in [0.4, 0.5) is 0 Å². The van der Waals surface area contributed by atoms with E-state index in [2.05, 4.69) is 10.3 Å². The molecule has 1 amide bonds. The van der Waals surface area contributed by atoms with Gasteiger partial charge in [0.15, 0.2) is 6.10 Å². The van der Waals surface area contributed by atoms with Crippen LogP contribution in [0.25, 0.3) is 0 Å². The van der Waals surface area contributed by atoms with Gasteiger partial charge < -0.3 is 14.3 Å². The lowest BCUT2D eigenvalue weighted by molar-refractivity contribution is -0.147. The molecule has 0 aliphatic carbocycles. The first-order valence-corrected chi connectivity index (χ1v) is 8.20. The lowest BCUT2D eigenvalue weighted by Gasteiger charge is -2.29. The van der Waals surface area contributed by atoms with Gasteiger partial charge in [0.1, 0.15) is 11.5 Å². The summed E-state index contributed by atoms with van der Waals surface area (Å²) >= 11 is 0. The molecule has 0 spiro atoms. The fourth-order valence-electron chi connectivity index (χ4n) is 2.95. The topological polar surface area (TPSA) is 143 Å². The average Bonchev–Trinajstić information content (AvgIpc) is 2.66. The van der Waals surface area contributed by atoms with Crippen LogP contribution >= 0.6 is 0 Å². The van der Waals surface area contributed by atoms with Gasteiger partial charge in [-0.2, -0.15) is 5.90 Å². The van der Waals surface area contributed by atoms with Gasteiger partial charge in [0.2, 0.25) is 0 Å². The second-order valence-corrected chi connectivity index (χ2v) is 6.13. The molecule has 0 bridgehead atoms. The fourth-order valence-corrected chi connectivity index (χ4v) is 2.95. The van der Waals surface area contributed by atoms with Gasteiger partial charge in [-0.05, 0) is 50.3 Å². The van der Waals surface area contributed by atoms with Crippen molar-refractivity contribution in [2.45, 2.75) is 52.6 Å². The zero-order chi connectivity index (χ0) is 19.4. The maximum Gasteiger partial charge on any atom is 0.325 e. The van der Waals surface area contributed by atoms with Gasteiger partial charge in [0.25, 0.3) is 5.91 Å². The number of amides is 1. The summed E-state index contributed by atoms with van der Waals surface area (Å²) < 4.78 is 11.3. The van der Waals surface area contributed by atoms with Crippen LogP contribution in [-0.2, 0) is 25.6 Å². The molecule has 5 N–H and O–H groups in total. The van der Waals surface area contributed by atoms with Gasteiger partial charge in [-0.25, -0.2) is 5.84 Å². The van der Waals surface area contributed by atoms with Crippen molar-refractivity contribution in [3.63, 3.8) is 0 Å². The number of benzene rings is 1. The van der Waals surface area contributed by atoms with Crippen molar-refractivity contribution < 1.29 is 28.7 Å². The van der Waals surface area contributed by atoms with Crippen molar-refractivity contribution >= 4 is 17.8 Å². The van der Waals surface area contributed by atoms with Gasteiger partial charge in [0, 0.05) is 5.56 Å². The molecule has 1 unspecified atom stereocenters. The third-order valence-electron chi connectivity index (χ3n) is 4.54. The summed E-state index contributed by atoms with van der Waals surface area (Å²) in [4.78, 5) is 38.8. The van der Waals surface area contributed by atoms with Gasteiger partial charge in [-0.3, -0.25) is 19.8 Å². The molecule has 0 radical (unpaired) electrons. The highest BCUT2D eigenvalue weighted by Crippen LogP contribution is 2.41. The summed E-state index contributed by atoms with van der Waals surface area (Å²) in [5.74, 6) is 9.36. The summed E-state index contributed by atoms with van der Waals surface area (Å²) in [6, 6.07) is 0. The summed E-state index contributed by atoms with van der Waals surface area (Å²) in [7, 11) is 0. The number of ether oxygens (including phenoxy) is 2. The maximum atomic E-state index is 12.0. The van der Waals surface area contributed by atoms with Crippen molar-refractivity contribution in [1.29, 1.82) is 0 Å². The molecule has 142 valence electrons. The van der Waals surface area contributed by atoms with Crippen molar-refractivity contribution in [2.75, 3.05) is 0 Å². The van der Waals surface area contributed by atoms with E-state index in [-0.39, 0.29) is 18.7 Å². The number of nitrogens with two attached hydrogens (primary N) is 2. The van der Waals surface area contributed by atoms with Crippen LogP contribution in [0.1, 0.15) is 41.5 Å². The largest absolute Gasteiger partial charge is 0.480 e. The highest BCUT2D eigenvalue weighted by atomic mass is 16.7. The molecule has 0 saturated carbocycles. The third-order valence-corrected chi connectivity index (χ3v) is 4.54. The van der Waals surface area contributed by atoms with E-state index in [1.807, 2.05) is 13.8 Å². The number of rotatable bonds is 5. The van der Waals surface area contributed by atoms with Crippen molar-refractivity contribution in [3.05, 3.63) is 22.3 Å². The maximum absolute atomic E-state index is 12.0. The Balaban J connectivity index is 2.26. The Morgan fingerprint density at radius 3 is 2.38 bits per heavy atom. The number of esters is 1. The predicted molar refractivity (Wildman–Crippen MR) is 90.9 cm³/mol. The molecule has 9 nitrogen and oxygen atoms in total. The quantitative estimate of drug-likeness (QED) is 0.224. The van der Waals surface area contributed by atoms with Crippen LogP contribution in [0.5, 0.6) is 11.5 Å². The molecular formula is C17H23N3O6. The highest BCUT2D eigenvalue weighted by molar-refractivity contribution is 5.82. The number of hydrazine groups is 1. The SMILES string of the molecule is Cc1c(C)c2c(c(C)c1OC(=O)CCC(=O)ON)CCC(C(=O)NN)O2. The smallest absolute Gasteiger partial charge is 0.325 e. The summed E-state index contributed by atoms with van der Waals surface area (Å²) in [6.07, 6.45) is 0.108. The van der Waals surface area contributed by atoms with Crippen LogP contribution in [0.15, 0.2) is 0 Å². The third kappa shape index (κ3) is 3.94. The summed E-state index contributed by atoms with van der Waals surface area (Å²) in [5.41, 5.74) is 5.26. The van der Waals surface area contributed by atoms with E-state index in [1.54, 1.807) is 6.92 Å². The molecule has 0 fully saturated rings. The van der Waals surface area contributed by atoms with Gasteiger partial charge in [-0.15, -0.1) is 0 Å². The minimum Gasteiger partial charge on any atom is -0.480 e. The second kappa shape index (κ2) is 8.15. The Bertz CT molecular complexity index is 747. The Hall–Kier alpha value is -2.65. The molecule has 0 saturated heterocycles. The summed E-state index contributed by atoms with van der Waals surface area (Å²) in [5, 5.41) is 0. The predicted octanol–water partition coefficient (Wildman–Crippen LogP) is 0.398. The number of fused-ring (bicyclic) bond motifs is 1.